The minimum atomic E-state index is -0.214. The van der Waals surface area contributed by atoms with Gasteiger partial charge in [0.15, 0.2) is 0 Å². The number of aryl methyl sites for hydroxylation is 1. The topological polar surface area (TPSA) is 46.9 Å². The van der Waals surface area contributed by atoms with Crippen molar-refractivity contribution in [1.29, 1.82) is 0 Å². The van der Waals surface area contributed by atoms with E-state index in [4.69, 9.17) is 35.4 Å². The van der Waals surface area contributed by atoms with Crippen molar-refractivity contribution in [3.05, 3.63) is 56.2 Å². The van der Waals surface area contributed by atoms with Crippen LogP contribution in [-0.4, -0.2) is 20.0 Å². The molecule has 8 heteroatoms. The zero-order valence-corrected chi connectivity index (χ0v) is 15.1. The fraction of sp³-hybridized carbons (Fsp3) is 0.133. The molecule has 23 heavy (non-hydrogen) atoms. The Bertz CT molecular complexity index is 845. The number of benzene rings is 1. The molecular weight excluding hydrogens is 373 g/mol. The zero-order chi connectivity index (χ0) is 16.6. The molecule has 1 aromatic heterocycles. The lowest BCUT2D eigenvalue weighted by Crippen LogP contribution is -2.17. The van der Waals surface area contributed by atoms with Gasteiger partial charge in [0, 0.05) is 10.6 Å². The molecule has 2 heterocycles. The molecule has 0 bridgehead atoms. The molecule has 0 aliphatic carbocycles. The molecule has 0 spiro atoms. The van der Waals surface area contributed by atoms with Crippen LogP contribution in [0.5, 0.6) is 0 Å². The third-order valence-corrected chi connectivity index (χ3v) is 5.23. The highest BCUT2D eigenvalue weighted by molar-refractivity contribution is 8.26. The van der Waals surface area contributed by atoms with Crippen LogP contribution in [0.15, 0.2) is 29.2 Å². The molecule has 0 radical (unpaired) electrons. The Kier molecular flexibility index (Phi) is 4.77. The number of thiocarbonyl (C=S) groups is 1. The van der Waals surface area contributed by atoms with E-state index in [9.17, 15) is 4.79 Å². The minimum Gasteiger partial charge on any atom is -0.307 e. The van der Waals surface area contributed by atoms with Crippen LogP contribution < -0.4 is 5.32 Å². The van der Waals surface area contributed by atoms with Gasteiger partial charge in [-0.3, -0.25) is 4.79 Å². The highest BCUT2D eigenvalue weighted by Gasteiger charge is 2.24. The highest BCUT2D eigenvalue weighted by atomic mass is 35.5. The molecule has 1 aliphatic heterocycles. The summed E-state index contributed by atoms with van der Waals surface area (Å²) in [6.45, 7) is 2.30. The van der Waals surface area contributed by atoms with E-state index in [1.54, 1.807) is 10.8 Å². The first kappa shape index (κ1) is 16.5. The lowest BCUT2D eigenvalue weighted by Gasteiger charge is -2.05. The van der Waals surface area contributed by atoms with Gasteiger partial charge in [-0.25, -0.2) is 4.68 Å². The molecule has 1 amide bonds. The molecule has 1 aromatic carbocycles. The van der Waals surface area contributed by atoms with E-state index in [2.05, 4.69) is 10.4 Å². The van der Waals surface area contributed by atoms with Gasteiger partial charge in [0.05, 0.1) is 17.1 Å². The van der Waals surface area contributed by atoms with E-state index in [1.807, 2.05) is 31.2 Å². The predicted octanol–water partition coefficient (Wildman–Crippen LogP) is 4.04. The van der Waals surface area contributed by atoms with Crippen molar-refractivity contribution in [2.75, 3.05) is 0 Å². The van der Waals surface area contributed by atoms with Crippen LogP contribution in [0, 0.1) is 6.92 Å². The summed E-state index contributed by atoms with van der Waals surface area (Å²) in [4.78, 5) is 12.3. The summed E-state index contributed by atoms with van der Waals surface area (Å²) in [6, 6.07) is 7.53. The van der Waals surface area contributed by atoms with Gasteiger partial charge < -0.3 is 5.32 Å². The van der Waals surface area contributed by atoms with Crippen LogP contribution >= 0.6 is 47.2 Å². The number of nitrogens with one attached hydrogen (secondary N) is 1. The second-order valence-corrected chi connectivity index (χ2v) is 7.38. The molecule has 1 fully saturated rings. The number of halogens is 2. The summed E-state index contributed by atoms with van der Waals surface area (Å²) in [5, 5.41) is 8.14. The maximum Gasteiger partial charge on any atom is 0.263 e. The normalized spacial score (nSPS) is 16.2. The van der Waals surface area contributed by atoms with Crippen LogP contribution in [0.2, 0.25) is 10.2 Å². The van der Waals surface area contributed by atoms with Crippen molar-refractivity contribution in [2.24, 2.45) is 0 Å². The first-order valence-electron chi connectivity index (χ1n) is 6.67. The largest absolute Gasteiger partial charge is 0.307 e. The standard InChI is InChI=1S/C15H11Cl2N3OS2/c1-8-10(6-12-14(21)18-15(22)23-12)13(17)20(19-8)7-9-4-2-3-5-11(9)16/h2-6H,7H2,1H3,(H,18,21,22)/b12-6-. The number of hydrogen-bond acceptors (Lipinski definition) is 4. The number of amides is 1. The van der Waals surface area contributed by atoms with Gasteiger partial charge in [-0.1, -0.05) is 65.4 Å². The Morgan fingerprint density at radius 1 is 1.39 bits per heavy atom. The summed E-state index contributed by atoms with van der Waals surface area (Å²) in [6.07, 6.45) is 1.72. The number of hydrogen-bond donors (Lipinski definition) is 1. The number of carbonyl (C=O) groups excluding carboxylic acids is 1. The van der Waals surface area contributed by atoms with Crippen molar-refractivity contribution in [1.82, 2.24) is 15.1 Å². The number of carbonyl (C=O) groups is 1. The highest BCUT2D eigenvalue weighted by Crippen LogP contribution is 2.30. The maximum absolute atomic E-state index is 11.8. The Hall–Kier alpha value is -1.34. The fourth-order valence-corrected chi connectivity index (χ4v) is 3.69. The van der Waals surface area contributed by atoms with Gasteiger partial charge in [-0.05, 0) is 24.6 Å². The lowest BCUT2D eigenvalue weighted by molar-refractivity contribution is -0.115. The monoisotopic (exact) mass is 383 g/mol. The summed E-state index contributed by atoms with van der Waals surface area (Å²) in [7, 11) is 0. The number of rotatable bonds is 3. The van der Waals surface area contributed by atoms with Gasteiger partial charge in [0.1, 0.15) is 9.47 Å². The second kappa shape index (κ2) is 6.65. The van der Waals surface area contributed by atoms with E-state index < -0.39 is 0 Å². The third kappa shape index (κ3) is 3.45. The lowest BCUT2D eigenvalue weighted by atomic mass is 10.2. The van der Waals surface area contributed by atoms with Crippen molar-refractivity contribution < 1.29 is 4.79 Å². The van der Waals surface area contributed by atoms with E-state index in [0.29, 0.717) is 31.5 Å². The van der Waals surface area contributed by atoms with E-state index in [-0.39, 0.29) is 5.91 Å². The first-order valence-corrected chi connectivity index (χ1v) is 8.65. The summed E-state index contributed by atoms with van der Waals surface area (Å²) >= 11 is 18.8. The SMILES string of the molecule is Cc1nn(Cc2ccccc2Cl)c(Cl)c1/C=C1\SC(=S)NC1=O. The number of nitrogens with zero attached hydrogens (tertiary/aromatic N) is 2. The van der Waals surface area contributed by atoms with Crippen molar-refractivity contribution in [2.45, 2.75) is 13.5 Å². The van der Waals surface area contributed by atoms with E-state index in [1.165, 1.54) is 11.8 Å². The number of thioether (sulfide) groups is 1. The van der Waals surface area contributed by atoms with Gasteiger partial charge in [0.25, 0.3) is 5.91 Å². The zero-order valence-electron chi connectivity index (χ0n) is 12.0. The number of aromatic nitrogens is 2. The van der Waals surface area contributed by atoms with E-state index in [0.717, 1.165) is 11.3 Å². The Morgan fingerprint density at radius 3 is 2.78 bits per heavy atom. The summed E-state index contributed by atoms with van der Waals surface area (Å²) in [5.41, 5.74) is 2.37. The molecule has 1 N–H and O–H groups in total. The summed E-state index contributed by atoms with van der Waals surface area (Å²) < 4.78 is 2.11. The molecule has 1 saturated heterocycles. The van der Waals surface area contributed by atoms with Crippen LogP contribution in [-0.2, 0) is 11.3 Å². The van der Waals surface area contributed by atoms with Gasteiger partial charge in [-0.2, -0.15) is 5.10 Å². The second-order valence-electron chi connectivity index (χ2n) is 4.89. The van der Waals surface area contributed by atoms with Gasteiger partial charge >= 0.3 is 0 Å². The molecule has 118 valence electrons. The molecule has 4 nitrogen and oxygen atoms in total. The Balaban J connectivity index is 1.94. The van der Waals surface area contributed by atoms with Crippen molar-refractivity contribution in [3.8, 4) is 0 Å². The summed E-state index contributed by atoms with van der Waals surface area (Å²) in [5.74, 6) is -0.214. The van der Waals surface area contributed by atoms with E-state index >= 15 is 0 Å². The average Bonchev–Trinajstić information content (AvgIpc) is 2.95. The van der Waals surface area contributed by atoms with Crippen molar-refractivity contribution >= 4 is 63.5 Å². The van der Waals surface area contributed by atoms with Crippen LogP contribution in [0.3, 0.4) is 0 Å². The molecule has 0 unspecified atom stereocenters. The van der Waals surface area contributed by atoms with Crippen LogP contribution in [0.1, 0.15) is 16.8 Å². The Morgan fingerprint density at radius 2 is 2.13 bits per heavy atom. The Labute approximate surface area is 152 Å². The minimum absolute atomic E-state index is 0.214. The van der Waals surface area contributed by atoms with Crippen LogP contribution in [0.4, 0.5) is 0 Å². The maximum atomic E-state index is 11.8. The van der Waals surface area contributed by atoms with Gasteiger partial charge in [-0.15, -0.1) is 0 Å². The molecule has 3 rings (SSSR count). The molecular formula is C15H11Cl2N3OS2. The quantitative estimate of drug-likeness (QED) is 0.641. The molecule has 0 saturated carbocycles. The van der Waals surface area contributed by atoms with Crippen molar-refractivity contribution in [3.63, 3.8) is 0 Å². The molecule has 1 aliphatic rings. The van der Waals surface area contributed by atoms with Gasteiger partial charge in [0.2, 0.25) is 0 Å². The third-order valence-electron chi connectivity index (χ3n) is 3.30. The predicted molar refractivity (Wildman–Crippen MR) is 98.8 cm³/mol. The smallest absolute Gasteiger partial charge is 0.263 e. The fourth-order valence-electron chi connectivity index (χ4n) is 2.18. The average molecular weight is 384 g/mol. The molecule has 2 aromatic rings. The first-order chi connectivity index (χ1) is 11.0. The molecule has 0 atom stereocenters. The van der Waals surface area contributed by atoms with Crippen LogP contribution in [0.25, 0.3) is 6.08 Å².